The molecular formula is C10H11NO2. The molecule has 1 unspecified atom stereocenters. The van der Waals surface area contributed by atoms with E-state index in [4.69, 9.17) is 0 Å². The molecule has 0 radical (unpaired) electrons. The maximum Gasteiger partial charge on any atom is 0.139 e. The van der Waals surface area contributed by atoms with Crippen LogP contribution < -0.4 is 0 Å². The monoisotopic (exact) mass is 177 g/mol. The molecule has 1 aromatic heterocycles. The lowest BCUT2D eigenvalue weighted by molar-refractivity contribution is -0.134. The summed E-state index contributed by atoms with van der Waals surface area (Å²) in [7, 11) is 0. The molecule has 3 heteroatoms. The molecule has 0 amide bonds. The molecule has 68 valence electrons. The van der Waals surface area contributed by atoms with Crippen LogP contribution in [0.15, 0.2) is 24.4 Å². The predicted octanol–water partition coefficient (Wildman–Crippen LogP) is 1.09. The molecule has 0 aliphatic heterocycles. The van der Waals surface area contributed by atoms with E-state index in [1.54, 1.807) is 18.3 Å². The van der Waals surface area contributed by atoms with Crippen molar-refractivity contribution < 1.29 is 9.90 Å². The number of Topliss-reactive ketones (excluding diaryl/α,β-unsaturated/α-hetero) is 1. The minimum Gasteiger partial charge on any atom is -0.386 e. The second-order valence-electron chi connectivity index (χ2n) is 3.31. The number of ketones is 1. The normalized spacial score (nSPS) is 23.8. The lowest BCUT2D eigenvalue weighted by Crippen LogP contribution is -2.31. The number of carbonyl (C=O) groups excluding carboxylic acids is 1. The van der Waals surface area contributed by atoms with Crippen LogP contribution in [0.5, 0.6) is 0 Å². The van der Waals surface area contributed by atoms with Gasteiger partial charge in [-0.1, -0.05) is 6.07 Å². The third kappa shape index (κ3) is 1.47. The molecule has 2 rings (SSSR count). The summed E-state index contributed by atoms with van der Waals surface area (Å²) in [6, 6.07) is 5.35. The summed E-state index contributed by atoms with van der Waals surface area (Å²) in [4.78, 5) is 15.1. The highest BCUT2D eigenvalue weighted by Crippen LogP contribution is 2.33. The summed E-state index contributed by atoms with van der Waals surface area (Å²) < 4.78 is 0. The van der Waals surface area contributed by atoms with Gasteiger partial charge in [-0.15, -0.1) is 0 Å². The van der Waals surface area contributed by atoms with Gasteiger partial charge in [-0.25, -0.2) is 0 Å². The van der Waals surface area contributed by atoms with E-state index < -0.39 is 6.10 Å². The van der Waals surface area contributed by atoms with Crippen molar-refractivity contribution in [1.82, 2.24) is 4.98 Å². The smallest absolute Gasteiger partial charge is 0.139 e. The summed E-state index contributed by atoms with van der Waals surface area (Å²) in [5.74, 6) is -0.0620. The van der Waals surface area contributed by atoms with Gasteiger partial charge in [-0.3, -0.25) is 9.78 Å². The minimum atomic E-state index is -0.706. The van der Waals surface area contributed by atoms with Crippen molar-refractivity contribution in [3.05, 3.63) is 30.1 Å². The number of aromatic nitrogens is 1. The summed E-state index contributed by atoms with van der Waals surface area (Å²) in [5.41, 5.74) is 0.598. The number of hydrogen-bond acceptors (Lipinski definition) is 3. The molecule has 2 atom stereocenters. The number of pyridine rings is 1. The van der Waals surface area contributed by atoms with Crippen molar-refractivity contribution >= 4 is 5.78 Å². The molecule has 3 nitrogen and oxygen atoms in total. The summed E-state index contributed by atoms with van der Waals surface area (Å²) in [6.07, 6.45) is 2.31. The zero-order valence-electron chi connectivity index (χ0n) is 7.18. The molecule has 1 heterocycles. The van der Waals surface area contributed by atoms with E-state index in [1.165, 1.54) is 0 Å². The van der Waals surface area contributed by atoms with Gasteiger partial charge < -0.3 is 5.11 Å². The topological polar surface area (TPSA) is 50.2 Å². The number of hydrogen-bond donors (Lipinski definition) is 1. The van der Waals surface area contributed by atoms with Crippen LogP contribution in [0.1, 0.15) is 24.6 Å². The summed E-state index contributed by atoms with van der Waals surface area (Å²) >= 11 is 0. The molecule has 1 aliphatic carbocycles. The average molecular weight is 177 g/mol. The first-order valence-electron chi connectivity index (χ1n) is 4.41. The third-order valence-corrected chi connectivity index (χ3v) is 2.49. The molecule has 1 fully saturated rings. The highest BCUT2D eigenvalue weighted by Gasteiger charge is 2.35. The van der Waals surface area contributed by atoms with E-state index in [0.717, 1.165) is 6.42 Å². The molecule has 0 spiro atoms. The first kappa shape index (κ1) is 8.38. The number of rotatable bonds is 2. The quantitative estimate of drug-likeness (QED) is 0.735. The maximum atomic E-state index is 11.1. The Balaban J connectivity index is 2.13. The van der Waals surface area contributed by atoms with E-state index in [9.17, 15) is 9.90 Å². The Morgan fingerprint density at radius 3 is 2.85 bits per heavy atom. The zero-order chi connectivity index (χ0) is 9.26. The molecular weight excluding hydrogens is 166 g/mol. The maximum absolute atomic E-state index is 11.1. The number of aliphatic hydroxyl groups is 1. The van der Waals surface area contributed by atoms with Gasteiger partial charge in [0.2, 0.25) is 0 Å². The lowest BCUT2D eigenvalue weighted by Gasteiger charge is -2.28. The van der Waals surface area contributed by atoms with E-state index in [0.29, 0.717) is 12.1 Å². The summed E-state index contributed by atoms with van der Waals surface area (Å²) in [6.45, 7) is 0. The standard InChI is InChI=1S/C10H11NO2/c12-9-5-4-7(9)10(13)8-3-1-2-6-11-8/h1-3,6-7,10,13H,4-5H2/t7?,10-/m0/s1. The molecule has 0 saturated heterocycles. The Morgan fingerprint density at radius 1 is 1.54 bits per heavy atom. The van der Waals surface area contributed by atoms with Crippen LogP contribution in [0, 0.1) is 5.92 Å². The van der Waals surface area contributed by atoms with Crippen LogP contribution >= 0.6 is 0 Å². The van der Waals surface area contributed by atoms with Crippen LogP contribution in [0.2, 0.25) is 0 Å². The Kier molecular flexibility index (Phi) is 2.10. The van der Waals surface area contributed by atoms with Crippen molar-refractivity contribution in [3.8, 4) is 0 Å². The molecule has 1 saturated carbocycles. The lowest BCUT2D eigenvalue weighted by atomic mass is 9.78. The number of carbonyl (C=O) groups is 1. The second-order valence-corrected chi connectivity index (χ2v) is 3.31. The van der Waals surface area contributed by atoms with Crippen molar-refractivity contribution in [2.75, 3.05) is 0 Å². The van der Waals surface area contributed by atoms with Gasteiger partial charge in [-0.05, 0) is 18.6 Å². The highest BCUT2D eigenvalue weighted by molar-refractivity contribution is 5.86. The fourth-order valence-corrected chi connectivity index (χ4v) is 1.52. The van der Waals surface area contributed by atoms with E-state index in [2.05, 4.69) is 4.98 Å². The molecule has 1 aromatic rings. The van der Waals surface area contributed by atoms with Crippen LogP contribution in [-0.4, -0.2) is 15.9 Å². The van der Waals surface area contributed by atoms with Gasteiger partial charge >= 0.3 is 0 Å². The molecule has 1 N–H and O–H groups in total. The van der Waals surface area contributed by atoms with Crippen LogP contribution in [0.3, 0.4) is 0 Å². The van der Waals surface area contributed by atoms with Crippen molar-refractivity contribution in [2.45, 2.75) is 18.9 Å². The predicted molar refractivity (Wildman–Crippen MR) is 46.9 cm³/mol. The second kappa shape index (κ2) is 3.26. The Morgan fingerprint density at radius 2 is 2.38 bits per heavy atom. The average Bonchev–Trinajstić information content (AvgIpc) is 2.17. The van der Waals surface area contributed by atoms with Gasteiger partial charge in [0.25, 0.3) is 0 Å². The number of nitrogens with zero attached hydrogens (tertiary/aromatic N) is 1. The Labute approximate surface area is 76.4 Å². The SMILES string of the molecule is O=C1CCC1[C@H](O)c1ccccn1. The first-order chi connectivity index (χ1) is 6.29. The van der Waals surface area contributed by atoms with Gasteiger partial charge in [0, 0.05) is 18.5 Å². The fraction of sp³-hybridized carbons (Fsp3) is 0.400. The van der Waals surface area contributed by atoms with Crippen molar-refractivity contribution in [2.24, 2.45) is 5.92 Å². The van der Waals surface area contributed by atoms with E-state index in [-0.39, 0.29) is 11.7 Å². The zero-order valence-corrected chi connectivity index (χ0v) is 7.18. The highest BCUT2D eigenvalue weighted by atomic mass is 16.3. The van der Waals surface area contributed by atoms with E-state index >= 15 is 0 Å². The van der Waals surface area contributed by atoms with Crippen molar-refractivity contribution in [1.29, 1.82) is 0 Å². The third-order valence-electron chi connectivity index (χ3n) is 2.49. The van der Waals surface area contributed by atoms with Crippen LogP contribution in [-0.2, 0) is 4.79 Å². The van der Waals surface area contributed by atoms with Gasteiger partial charge in [0.15, 0.2) is 0 Å². The number of aliphatic hydroxyl groups excluding tert-OH is 1. The Bertz CT molecular complexity index is 310. The van der Waals surface area contributed by atoms with Gasteiger partial charge in [0.05, 0.1) is 5.69 Å². The van der Waals surface area contributed by atoms with Crippen molar-refractivity contribution in [3.63, 3.8) is 0 Å². The van der Waals surface area contributed by atoms with Crippen LogP contribution in [0.4, 0.5) is 0 Å². The Hall–Kier alpha value is -1.22. The fourth-order valence-electron chi connectivity index (χ4n) is 1.52. The van der Waals surface area contributed by atoms with Gasteiger partial charge in [0.1, 0.15) is 11.9 Å². The minimum absolute atomic E-state index is 0.151. The largest absolute Gasteiger partial charge is 0.386 e. The molecule has 13 heavy (non-hydrogen) atoms. The first-order valence-corrected chi connectivity index (χ1v) is 4.41. The van der Waals surface area contributed by atoms with Crippen LogP contribution in [0.25, 0.3) is 0 Å². The van der Waals surface area contributed by atoms with E-state index in [1.807, 2.05) is 6.07 Å². The molecule has 0 aromatic carbocycles. The molecule has 0 bridgehead atoms. The van der Waals surface area contributed by atoms with Gasteiger partial charge in [-0.2, -0.15) is 0 Å². The summed E-state index contributed by atoms with van der Waals surface area (Å²) in [5, 5.41) is 9.73. The molecule has 1 aliphatic rings.